The second kappa shape index (κ2) is 9.54. The van der Waals surface area contributed by atoms with Gasteiger partial charge in [0.1, 0.15) is 23.4 Å². The van der Waals surface area contributed by atoms with E-state index in [1.807, 2.05) is 0 Å². The number of carbonyl (C=O) groups excluding carboxylic acids is 2. The first-order valence-corrected chi connectivity index (χ1v) is 9.80. The number of para-hydroxylation sites is 1. The van der Waals surface area contributed by atoms with Gasteiger partial charge in [-0.15, -0.1) is 17.8 Å². The third-order valence-electron chi connectivity index (χ3n) is 4.32. The number of aryl methyl sites for hydroxylation is 1. The molecule has 2 amide bonds. The number of benzene rings is 1. The second-order valence-corrected chi connectivity index (χ2v) is 7.32. The van der Waals surface area contributed by atoms with E-state index in [4.69, 9.17) is 11.2 Å². The number of rotatable bonds is 5. The lowest BCUT2D eigenvalue weighted by Crippen LogP contribution is -2.32. The Labute approximate surface area is 172 Å². The summed E-state index contributed by atoms with van der Waals surface area (Å²) in [5, 5.41) is 16.2. The van der Waals surface area contributed by atoms with E-state index in [9.17, 15) is 14.9 Å². The lowest BCUT2D eigenvalue weighted by Gasteiger charge is -2.09. The van der Waals surface area contributed by atoms with Crippen LogP contribution in [0.1, 0.15) is 34.4 Å². The van der Waals surface area contributed by atoms with Crippen molar-refractivity contribution in [2.75, 3.05) is 11.9 Å². The van der Waals surface area contributed by atoms with Gasteiger partial charge in [0.2, 0.25) is 0 Å². The largest absolute Gasteiger partial charge is 0.480 e. The zero-order chi connectivity index (χ0) is 20.6. The van der Waals surface area contributed by atoms with Gasteiger partial charge in [0, 0.05) is 10.4 Å². The molecular weight excluding hydrogens is 388 g/mol. The molecule has 8 heteroatoms. The molecule has 0 bridgehead atoms. The summed E-state index contributed by atoms with van der Waals surface area (Å²) in [7, 11) is 0. The average Bonchev–Trinajstić information content (AvgIpc) is 3.09. The molecule has 3 rings (SSSR count). The number of anilines is 1. The molecule has 0 saturated carbocycles. The van der Waals surface area contributed by atoms with Crippen molar-refractivity contribution in [2.45, 2.75) is 25.7 Å². The molecule has 0 fully saturated rings. The third kappa shape index (κ3) is 4.81. The topological polar surface area (TPSA) is 104 Å². The van der Waals surface area contributed by atoms with Gasteiger partial charge in [-0.3, -0.25) is 9.59 Å². The van der Waals surface area contributed by atoms with Crippen LogP contribution in [0, 0.1) is 23.7 Å². The minimum atomic E-state index is -0.932. The maximum absolute atomic E-state index is 12.2. The predicted octanol–water partition coefficient (Wildman–Crippen LogP) is 2.60. The molecule has 1 aliphatic rings. The van der Waals surface area contributed by atoms with Crippen LogP contribution in [0.4, 0.5) is 5.00 Å². The average molecular weight is 406 g/mol. The maximum atomic E-state index is 12.2. The van der Waals surface area contributed by atoms with E-state index in [1.165, 1.54) is 17.6 Å². The molecule has 0 radical (unpaired) electrons. The summed E-state index contributed by atoms with van der Waals surface area (Å²) in [5.41, 5.74) is 4.22. The number of hydrogen-bond donors (Lipinski definition) is 2. The van der Waals surface area contributed by atoms with Crippen LogP contribution in [-0.4, -0.2) is 24.6 Å². The van der Waals surface area contributed by atoms with Crippen molar-refractivity contribution in [1.82, 2.24) is 5.43 Å². The van der Waals surface area contributed by atoms with Gasteiger partial charge in [-0.1, -0.05) is 18.1 Å². The normalized spacial score (nSPS) is 12.5. The molecule has 29 heavy (non-hydrogen) atoms. The van der Waals surface area contributed by atoms with Crippen molar-refractivity contribution in [3.05, 3.63) is 45.8 Å². The number of amides is 2. The van der Waals surface area contributed by atoms with Crippen LogP contribution in [0.15, 0.2) is 29.4 Å². The van der Waals surface area contributed by atoms with Gasteiger partial charge in [-0.25, -0.2) is 5.43 Å². The standard InChI is InChI=1S/C21H18N4O3S/c1-2-11-28-17-9-5-3-7-14(17)13-23-25-20(27)19(26)24-21-16(12-22)15-8-4-6-10-18(15)29-21/h1,3,5,7,9,13H,4,6,8,10-11H2,(H,24,26)(H,25,27)/b23-13+. The van der Waals surface area contributed by atoms with Crippen molar-refractivity contribution in [3.8, 4) is 24.2 Å². The number of terminal acetylenes is 1. The molecule has 1 heterocycles. The number of fused-ring (bicyclic) bond motifs is 1. The Morgan fingerprint density at radius 3 is 2.86 bits per heavy atom. The quantitative estimate of drug-likeness (QED) is 0.345. The highest BCUT2D eigenvalue weighted by Gasteiger charge is 2.23. The monoisotopic (exact) mass is 406 g/mol. The summed E-state index contributed by atoms with van der Waals surface area (Å²) in [6.45, 7) is 0.103. The lowest BCUT2D eigenvalue weighted by molar-refractivity contribution is -0.136. The fourth-order valence-electron chi connectivity index (χ4n) is 2.98. The summed E-state index contributed by atoms with van der Waals surface area (Å²) in [4.78, 5) is 25.4. The summed E-state index contributed by atoms with van der Waals surface area (Å²) < 4.78 is 5.39. The third-order valence-corrected chi connectivity index (χ3v) is 5.52. The van der Waals surface area contributed by atoms with Gasteiger partial charge in [0.05, 0.1) is 11.8 Å². The van der Waals surface area contributed by atoms with Crippen LogP contribution in [0.2, 0.25) is 0 Å². The number of carbonyl (C=O) groups is 2. The highest BCUT2D eigenvalue weighted by atomic mass is 32.1. The number of thiophene rings is 1. The smallest absolute Gasteiger partial charge is 0.329 e. The molecule has 1 aromatic heterocycles. The van der Waals surface area contributed by atoms with E-state index in [-0.39, 0.29) is 6.61 Å². The molecule has 1 aromatic carbocycles. The number of nitriles is 1. The molecule has 146 valence electrons. The van der Waals surface area contributed by atoms with Gasteiger partial charge < -0.3 is 10.1 Å². The molecule has 0 spiro atoms. The van der Waals surface area contributed by atoms with Crippen LogP contribution >= 0.6 is 11.3 Å². The van der Waals surface area contributed by atoms with Crippen LogP contribution in [0.25, 0.3) is 0 Å². The minimum Gasteiger partial charge on any atom is -0.480 e. The van der Waals surface area contributed by atoms with Crippen LogP contribution in [0.5, 0.6) is 5.75 Å². The molecule has 0 atom stereocenters. The molecule has 1 aliphatic carbocycles. The Balaban J connectivity index is 1.63. The number of nitrogens with zero attached hydrogens (tertiary/aromatic N) is 2. The first-order chi connectivity index (χ1) is 14.1. The first-order valence-electron chi connectivity index (χ1n) is 8.98. The Bertz CT molecular complexity index is 1040. The predicted molar refractivity (Wildman–Crippen MR) is 111 cm³/mol. The van der Waals surface area contributed by atoms with Gasteiger partial charge in [0.15, 0.2) is 0 Å². The van der Waals surface area contributed by atoms with E-state index in [1.54, 1.807) is 24.3 Å². The summed E-state index contributed by atoms with van der Waals surface area (Å²) in [5.74, 6) is 1.07. The van der Waals surface area contributed by atoms with Crippen molar-refractivity contribution >= 4 is 34.4 Å². The van der Waals surface area contributed by atoms with E-state index >= 15 is 0 Å². The SMILES string of the molecule is C#CCOc1ccccc1/C=N/NC(=O)C(=O)Nc1sc2c(c1C#N)CCCC2. The number of hydrogen-bond acceptors (Lipinski definition) is 6. The second-order valence-electron chi connectivity index (χ2n) is 6.21. The van der Waals surface area contributed by atoms with Gasteiger partial charge in [-0.2, -0.15) is 10.4 Å². The van der Waals surface area contributed by atoms with Crippen molar-refractivity contribution in [3.63, 3.8) is 0 Å². The maximum Gasteiger partial charge on any atom is 0.329 e. The number of ether oxygens (including phenoxy) is 1. The Morgan fingerprint density at radius 1 is 1.28 bits per heavy atom. The van der Waals surface area contributed by atoms with E-state index in [0.717, 1.165) is 36.1 Å². The van der Waals surface area contributed by atoms with E-state index in [2.05, 4.69) is 27.8 Å². The molecule has 2 aromatic rings. The molecular formula is C21H18N4O3S. The van der Waals surface area contributed by atoms with E-state index in [0.29, 0.717) is 21.9 Å². The van der Waals surface area contributed by atoms with Crippen molar-refractivity contribution < 1.29 is 14.3 Å². The van der Waals surface area contributed by atoms with Crippen LogP contribution in [-0.2, 0) is 22.4 Å². The minimum absolute atomic E-state index is 0.103. The van der Waals surface area contributed by atoms with Crippen molar-refractivity contribution in [1.29, 1.82) is 5.26 Å². The zero-order valence-corrected chi connectivity index (χ0v) is 16.3. The molecule has 0 saturated heterocycles. The highest BCUT2D eigenvalue weighted by Crippen LogP contribution is 2.37. The van der Waals surface area contributed by atoms with Crippen LogP contribution < -0.4 is 15.5 Å². The zero-order valence-electron chi connectivity index (χ0n) is 15.5. The lowest BCUT2D eigenvalue weighted by atomic mass is 9.96. The molecule has 7 nitrogen and oxygen atoms in total. The fourth-order valence-corrected chi connectivity index (χ4v) is 4.22. The summed E-state index contributed by atoms with van der Waals surface area (Å²) >= 11 is 1.36. The summed E-state index contributed by atoms with van der Waals surface area (Å²) in [6.07, 6.45) is 10.3. The highest BCUT2D eigenvalue weighted by molar-refractivity contribution is 7.16. The summed E-state index contributed by atoms with van der Waals surface area (Å²) in [6, 6.07) is 9.15. The van der Waals surface area contributed by atoms with Gasteiger partial charge >= 0.3 is 11.8 Å². The molecule has 0 aliphatic heterocycles. The Kier molecular flexibility index (Phi) is 6.62. The first kappa shape index (κ1) is 20.1. The Morgan fingerprint density at radius 2 is 2.07 bits per heavy atom. The Hall–Kier alpha value is -3.62. The molecule has 2 N–H and O–H groups in total. The van der Waals surface area contributed by atoms with E-state index < -0.39 is 11.8 Å². The fraction of sp³-hybridized carbons (Fsp3) is 0.238. The number of hydrazone groups is 1. The van der Waals surface area contributed by atoms with Crippen LogP contribution in [0.3, 0.4) is 0 Å². The van der Waals surface area contributed by atoms with Gasteiger partial charge in [-0.05, 0) is 43.4 Å². The molecule has 0 unspecified atom stereocenters. The van der Waals surface area contributed by atoms with Crippen molar-refractivity contribution in [2.24, 2.45) is 5.10 Å². The van der Waals surface area contributed by atoms with Gasteiger partial charge in [0.25, 0.3) is 0 Å². The number of nitrogens with one attached hydrogen (secondary N) is 2.